The van der Waals surface area contributed by atoms with Crippen LogP contribution in [-0.2, 0) is 0 Å². The highest BCUT2D eigenvalue weighted by atomic mass is 16.3. The molecule has 0 fully saturated rings. The molecule has 0 aromatic heterocycles. The SMILES string of the molecule is O=C(/C=C/c1ccc(O)c(O)c1)c1ccc(O)cc1O.O=C(/C=C/c1ccccc1)c1ccccc1. The lowest BCUT2D eigenvalue weighted by Crippen LogP contribution is -1.94. The number of aromatic hydroxyl groups is 4. The summed E-state index contributed by atoms with van der Waals surface area (Å²) in [6.45, 7) is 0. The molecule has 0 aliphatic heterocycles. The number of hydrogen-bond acceptors (Lipinski definition) is 6. The second kappa shape index (κ2) is 12.4. The number of rotatable bonds is 6. The van der Waals surface area contributed by atoms with Gasteiger partial charge >= 0.3 is 0 Å². The van der Waals surface area contributed by atoms with Gasteiger partial charge in [-0.05, 0) is 47.5 Å². The van der Waals surface area contributed by atoms with Gasteiger partial charge in [-0.3, -0.25) is 9.59 Å². The van der Waals surface area contributed by atoms with Crippen molar-refractivity contribution in [2.24, 2.45) is 0 Å². The maximum absolute atomic E-state index is 11.9. The second-order valence-corrected chi connectivity index (χ2v) is 7.62. The van der Waals surface area contributed by atoms with Gasteiger partial charge in [0.05, 0.1) is 5.56 Å². The molecule has 36 heavy (non-hydrogen) atoms. The first-order valence-corrected chi connectivity index (χ1v) is 10.9. The molecule has 0 heterocycles. The Morgan fingerprint density at radius 2 is 1.14 bits per heavy atom. The van der Waals surface area contributed by atoms with Crippen molar-refractivity contribution in [1.82, 2.24) is 0 Å². The van der Waals surface area contributed by atoms with Crippen molar-refractivity contribution in [2.75, 3.05) is 0 Å². The van der Waals surface area contributed by atoms with Crippen molar-refractivity contribution >= 4 is 23.7 Å². The Hall–Kier alpha value is -5.10. The van der Waals surface area contributed by atoms with Crippen LogP contribution in [0.2, 0.25) is 0 Å². The van der Waals surface area contributed by atoms with E-state index in [9.17, 15) is 19.8 Å². The molecule has 0 atom stereocenters. The number of benzene rings is 4. The van der Waals surface area contributed by atoms with Crippen LogP contribution < -0.4 is 0 Å². The van der Waals surface area contributed by atoms with Crippen LogP contribution in [0.25, 0.3) is 12.2 Å². The first-order valence-electron chi connectivity index (χ1n) is 10.9. The maximum atomic E-state index is 11.9. The smallest absolute Gasteiger partial charge is 0.189 e. The van der Waals surface area contributed by atoms with Crippen LogP contribution in [0, 0.1) is 0 Å². The van der Waals surface area contributed by atoms with Gasteiger partial charge in [-0.25, -0.2) is 0 Å². The summed E-state index contributed by atoms with van der Waals surface area (Å²) in [5, 5.41) is 37.2. The van der Waals surface area contributed by atoms with Gasteiger partial charge in [-0.15, -0.1) is 0 Å². The van der Waals surface area contributed by atoms with Gasteiger partial charge in [0.15, 0.2) is 23.1 Å². The van der Waals surface area contributed by atoms with Gasteiger partial charge in [0.25, 0.3) is 0 Å². The van der Waals surface area contributed by atoms with Crippen molar-refractivity contribution < 1.29 is 30.0 Å². The normalized spacial score (nSPS) is 10.7. The van der Waals surface area contributed by atoms with E-state index in [1.807, 2.05) is 66.7 Å². The predicted octanol–water partition coefficient (Wildman–Crippen LogP) is 5.99. The van der Waals surface area contributed by atoms with Crippen molar-refractivity contribution in [3.63, 3.8) is 0 Å². The third-order valence-corrected chi connectivity index (χ3v) is 4.96. The molecule has 0 spiro atoms. The van der Waals surface area contributed by atoms with Gasteiger partial charge in [0, 0.05) is 11.6 Å². The lowest BCUT2D eigenvalue weighted by molar-refractivity contribution is 0.103. The lowest BCUT2D eigenvalue weighted by atomic mass is 10.1. The Morgan fingerprint density at radius 3 is 1.78 bits per heavy atom. The fourth-order valence-corrected chi connectivity index (χ4v) is 3.07. The Kier molecular flexibility index (Phi) is 8.78. The maximum Gasteiger partial charge on any atom is 0.189 e. The summed E-state index contributed by atoms with van der Waals surface area (Å²) in [5.74, 6) is -1.39. The molecular formula is C30H24O6. The minimum atomic E-state index is -0.449. The first kappa shape index (κ1) is 25.5. The molecule has 0 radical (unpaired) electrons. The second-order valence-electron chi connectivity index (χ2n) is 7.62. The highest BCUT2D eigenvalue weighted by Crippen LogP contribution is 2.26. The van der Waals surface area contributed by atoms with E-state index in [1.54, 1.807) is 6.08 Å². The lowest BCUT2D eigenvalue weighted by Gasteiger charge is -2.01. The molecule has 0 unspecified atom stereocenters. The van der Waals surface area contributed by atoms with Crippen LogP contribution in [0.15, 0.2) is 109 Å². The van der Waals surface area contributed by atoms with Crippen LogP contribution in [0.4, 0.5) is 0 Å². The van der Waals surface area contributed by atoms with Crippen molar-refractivity contribution in [3.05, 3.63) is 131 Å². The molecule has 0 aliphatic carbocycles. The number of phenolic OH excluding ortho intramolecular Hbond substituents is 4. The topological polar surface area (TPSA) is 115 Å². The average Bonchev–Trinajstić information content (AvgIpc) is 2.89. The zero-order valence-corrected chi connectivity index (χ0v) is 19.2. The number of carbonyl (C=O) groups excluding carboxylic acids is 2. The largest absolute Gasteiger partial charge is 0.508 e. The number of carbonyl (C=O) groups is 2. The molecule has 4 aromatic carbocycles. The van der Waals surface area contributed by atoms with E-state index in [1.165, 1.54) is 42.5 Å². The molecule has 0 aliphatic rings. The van der Waals surface area contributed by atoms with E-state index in [4.69, 9.17) is 10.2 Å². The molecule has 4 aromatic rings. The van der Waals surface area contributed by atoms with Gasteiger partial charge in [-0.1, -0.05) is 78.9 Å². The quantitative estimate of drug-likeness (QED) is 0.153. The zero-order chi connectivity index (χ0) is 25.9. The van der Waals surface area contributed by atoms with Crippen LogP contribution in [0.5, 0.6) is 23.0 Å². The fourth-order valence-electron chi connectivity index (χ4n) is 3.07. The molecule has 180 valence electrons. The Balaban J connectivity index is 0.000000205. The van der Waals surface area contributed by atoms with Crippen LogP contribution >= 0.6 is 0 Å². The summed E-state index contributed by atoms with van der Waals surface area (Å²) in [6, 6.07) is 26.9. The number of ketones is 2. The molecule has 4 rings (SSSR count). The van der Waals surface area contributed by atoms with E-state index in [2.05, 4.69) is 0 Å². The molecule has 0 bridgehead atoms. The van der Waals surface area contributed by atoms with Crippen LogP contribution in [0.3, 0.4) is 0 Å². The minimum Gasteiger partial charge on any atom is -0.508 e. The monoisotopic (exact) mass is 480 g/mol. The highest BCUT2D eigenvalue weighted by Gasteiger charge is 2.09. The molecule has 0 amide bonds. The van der Waals surface area contributed by atoms with E-state index in [-0.39, 0.29) is 34.3 Å². The van der Waals surface area contributed by atoms with E-state index in [0.29, 0.717) is 5.56 Å². The summed E-state index contributed by atoms with van der Waals surface area (Å²) >= 11 is 0. The summed E-state index contributed by atoms with van der Waals surface area (Å²) in [7, 11) is 0. The van der Waals surface area contributed by atoms with E-state index < -0.39 is 5.78 Å². The van der Waals surface area contributed by atoms with Gasteiger partial charge < -0.3 is 20.4 Å². The van der Waals surface area contributed by atoms with E-state index in [0.717, 1.165) is 17.2 Å². The minimum absolute atomic E-state index is 0.0319. The number of hydrogen-bond donors (Lipinski definition) is 4. The number of phenols is 4. The first-order chi connectivity index (χ1) is 17.3. The Morgan fingerprint density at radius 1 is 0.528 bits per heavy atom. The van der Waals surface area contributed by atoms with Crippen molar-refractivity contribution in [2.45, 2.75) is 0 Å². The fraction of sp³-hybridized carbons (Fsp3) is 0. The van der Waals surface area contributed by atoms with Crippen LogP contribution in [-0.4, -0.2) is 32.0 Å². The third kappa shape index (κ3) is 7.46. The summed E-state index contributed by atoms with van der Waals surface area (Å²) in [4.78, 5) is 23.6. The van der Waals surface area contributed by atoms with Crippen molar-refractivity contribution in [1.29, 1.82) is 0 Å². The van der Waals surface area contributed by atoms with Crippen LogP contribution in [0.1, 0.15) is 31.8 Å². The number of allylic oxidation sites excluding steroid dienone is 2. The predicted molar refractivity (Wildman–Crippen MR) is 139 cm³/mol. The third-order valence-electron chi connectivity index (χ3n) is 4.96. The standard InChI is InChI=1S/C15H12O5.C15H12O/c16-10-3-4-11(14(19)8-10)12(17)5-1-9-2-6-13(18)15(20)7-9;16-15(14-9-5-2-6-10-14)12-11-13-7-3-1-4-8-13/h1-8,16,18-20H;1-12H/b5-1+;12-11+. The van der Waals surface area contributed by atoms with Gasteiger partial charge in [0.1, 0.15) is 11.5 Å². The Labute approximate surface area is 208 Å². The zero-order valence-electron chi connectivity index (χ0n) is 19.2. The molecular weight excluding hydrogens is 456 g/mol. The summed E-state index contributed by atoms with van der Waals surface area (Å²) < 4.78 is 0. The summed E-state index contributed by atoms with van der Waals surface area (Å²) in [5.41, 5.74) is 2.33. The molecule has 4 N–H and O–H groups in total. The molecule has 0 saturated heterocycles. The van der Waals surface area contributed by atoms with E-state index >= 15 is 0 Å². The van der Waals surface area contributed by atoms with Crippen molar-refractivity contribution in [3.8, 4) is 23.0 Å². The Bertz CT molecular complexity index is 1390. The summed E-state index contributed by atoms with van der Waals surface area (Å²) in [6.07, 6.45) is 6.09. The van der Waals surface area contributed by atoms with Gasteiger partial charge in [0.2, 0.25) is 0 Å². The average molecular weight is 481 g/mol. The molecule has 6 heteroatoms. The highest BCUT2D eigenvalue weighted by molar-refractivity contribution is 6.08. The molecule has 0 saturated carbocycles. The molecule has 6 nitrogen and oxygen atoms in total. The van der Waals surface area contributed by atoms with Gasteiger partial charge in [-0.2, -0.15) is 0 Å².